The van der Waals surface area contributed by atoms with Crippen molar-refractivity contribution < 1.29 is 39.3 Å². The predicted octanol–water partition coefficient (Wildman–Crippen LogP) is 4.23. The second kappa shape index (κ2) is 12.2. The van der Waals surface area contributed by atoms with Gasteiger partial charge in [-0.05, 0) is 63.6 Å². The number of aliphatic hydroxyl groups is 1. The molecule has 1 atom stereocenters. The summed E-state index contributed by atoms with van der Waals surface area (Å²) in [4.78, 5) is 8.29. The Balaban J connectivity index is 0.00000281. The van der Waals surface area contributed by atoms with Crippen LogP contribution in [0.5, 0.6) is 5.75 Å². The van der Waals surface area contributed by atoms with Crippen molar-refractivity contribution in [2.75, 3.05) is 6.54 Å². The van der Waals surface area contributed by atoms with E-state index in [-0.39, 0.29) is 22.7 Å². The summed E-state index contributed by atoms with van der Waals surface area (Å²) in [6, 6.07) is 4.79. The lowest BCUT2D eigenvalue weighted by Crippen LogP contribution is -2.38. The topological polar surface area (TPSA) is 81.0 Å². The van der Waals surface area contributed by atoms with Gasteiger partial charge in [-0.1, -0.05) is 36.4 Å². The molecule has 0 saturated heterocycles. The first-order chi connectivity index (χ1) is 19.0. The Morgan fingerprint density at radius 2 is 1.71 bits per heavy atom. The number of phenols is 1. The normalized spacial score (nSPS) is 21.9. The largest absolute Gasteiger partial charge is 0.508 e. The maximum absolute atomic E-state index is 10.6. The highest BCUT2D eigenvalue weighted by Gasteiger charge is 2.21. The van der Waals surface area contributed by atoms with Crippen molar-refractivity contribution in [2.45, 2.75) is 58.4 Å². The Hall–Kier alpha value is -2.37. The highest BCUT2D eigenvalue weighted by Crippen LogP contribution is 2.35. The van der Waals surface area contributed by atoms with Gasteiger partial charge in [-0.15, -0.1) is 0 Å². The molecule has 3 N–H and O–H groups in total. The van der Waals surface area contributed by atoms with Gasteiger partial charge in [0.25, 0.3) is 6.47 Å². The summed E-state index contributed by atoms with van der Waals surface area (Å²) >= 11 is 0. The number of phenolic OH excluding ortho intramolecular Hbond substituents is 1. The van der Waals surface area contributed by atoms with Gasteiger partial charge in [0.2, 0.25) is 0 Å². The van der Waals surface area contributed by atoms with E-state index in [1.165, 1.54) is 18.2 Å². The molecule has 0 aliphatic heterocycles. The standard InChI is InChI=1S/C22H31NO2.CH2O2/c1-16(2)23(17(3)4)13-12-20(19-8-6-5-7-9-19)21-14-18(15-24)10-11-22(21)25;2-1-3/h5-11,14,16-17,20,24-25H,12-13,15H2,1-4H3;1H,(H,2,3)/t20-;/m1./s1/i1D3,2D3,3D3,4D3,16D,17D;. The molecule has 5 heteroatoms. The fraction of sp³-hybridized carbons (Fsp3) is 0.435. The van der Waals surface area contributed by atoms with Crippen LogP contribution in [0.25, 0.3) is 0 Å². The zero-order valence-corrected chi connectivity index (χ0v) is 15.1. The van der Waals surface area contributed by atoms with Gasteiger partial charge in [0.15, 0.2) is 0 Å². The third kappa shape index (κ3) is 6.98. The number of hydrogen-bond acceptors (Lipinski definition) is 4. The molecule has 0 amide bonds. The summed E-state index contributed by atoms with van der Waals surface area (Å²) in [6.07, 6.45) is -0.397. The van der Waals surface area contributed by atoms with Crippen LogP contribution in [0, 0.1) is 0 Å². The maximum atomic E-state index is 10.6. The number of carboxylic acid groups (broad SMARTS) is 1. The zero-order valence-electron chi connectivity index (χ0n) is 29.1. The van der Waals surface area contributed by atoms with E-state index in [1.54, 1.807) is 30.3 Å². The summed E-state index contributed by atoms with van der Waals surface area (Å²) in [5.74, 6) is -1.16. The highest BCUT2D eigenvalue weighted by atomic mass is 16.3. The van der Waals surface area contributed by atoms with Crippen molar-refractivity contribution >= 4 is 6.47 Å². The summed E-state index contributed by atoms with van der Waals surface area (Å²) in [7, 11) is 0. The Bertz CT molecular complexity index is 1100. The van der Waals surface area contributed by atoms with Crippen molar-refractivity contribution in [1.29, 1.82) is 0 Å². The van der Waals surface area contributed by atoms with Crippen molar-refractivity contribution in [3.8, 4) is 5.75 Å². The molecule has 0 radical (unpaired) electrons. The van der Waals surface area contributed by atoms with Crippen molar-refractivity contribution in [1.82, 2.24) is 4.90 Å². The molecule has 0 aliphatic rings. The van der Waals surface area contributed by atoms with Crippen LogP contribution in [0.15, 0.2) is 48.5 Å². The highest BCUT2D eigenvalue weighted by molar-refractivity contribution is 5.43. The monoisotopic (exact) mass is 401 g/mol. The van der Waals surface area contributed by atoms with E-state index < -0.39 is 64.9 Å². The number of aromatic hydroxyl groups is 1. The van der Waals surface area contributed by atoms with E-state index >= 15 is 0 Å². The molecule has 0 heterocycles. The minimum Gasteiger partial charge on any atom is -0.508 e. The SMILES string of the molecule is O=CO.[2H]C([2H])([2H])C([2H])(N(CC[C@H](c1ccccc1)c1cc(CO)ccc1O)C([2H])(C([2H])([2H])[2H])C([2H])([2H])[2H])C([2H])([2H])[2H]. The molecule has 2 aromatic carbocycles. The first kappa shape index (κ1) is 9.90. The Kier molecular flexibility index (Phi) is 4.30. The summed E-state index contributed by atoms with van der Waals surface area (Å²) < 4.78 is 112. The Morgan fingerprint density at radius 3 is 2.25 bits per heavy atom. The van der Waals surface area contributed by atoms with Gasteiger partial charge >= 0.3 is 0 Å². The smallest absolute Gasteiger partial charge is 0.290 e. The third-order valence-electron chi connectivity index (χ3n) is 4.03. The third-order valence-corrected chi connectivity index (χ3v) is 4.03. The van der Waals surface area contributed by atoms with Crippen LogP contribution in [0.2, 0.25) is 0 Å². The molecule has 2 rings (SSSR count). The first-order valence-electron chi connectivity index (χ1n) is 15.3. The lowest BCUT2D eigenvalue weighted by atomic mass is 9.86. The van der Waals surface area contributed by atoms with Gasteiger partial charge in [-0.3, -0.25) is 9.69 Å². The molecule has 0 aromatic heterocycles. The summed E-state index contributed by atoms with van der Waals surface area (Å²) in [6.45, 7) is -16.7. The van der Waals surface area contributed by atoms with E-state index in [4.69, 9.17) is 29.1 Å². The molecule has 0 bridgehead atoms. The fourth-order valence-corrected chi connectivity index (χ4v) is 2.76. The molecule has 0 spiro atoms. The van der Waals surface area contributed by atoms with Crippen LogP contribution in [-0.2, 0) is 11.4 Å². The molecule has 2 aromatic rings. The average Bonchev–Trinajstić information content (AvgIpc) is 2.85. The lowest BCUT2D eigenvalue weighted by Gasteiger charge is -2.32. The van der Waals surface area contributed by atoms with Gasteiger partial charge in [-0.25, -0.2) is 0 Å². The van der Waals surface area contributed by atoms with Crippen LogP contribution in [0.3, 0.4) is 0 Å². The zero-order chi connectivity index (χ0) is 32.9. The fourth-order valence-electron chi connectivity index (χ4n) is 2.76. The molecule has 0 aliphatic carbocycles. The van der Waals surface area contributed by atoms with E-state index in [2.05, 4.69) is 0 Å². The minimum atomic E-state index is -3.82. The number of aliphatic hydroxyl groups excluding tert-OH is 1. The minimum absolute atomic E-state index is 0.0666. The second-order valence-electron chi connectivity index (χ2n) is 5.76. The van der Waals surface area contributed by atoms with Crippen LogP contribution < -0.4 is 0 Å². The molecule has 28 heavy (non-hydrogen) atoms. The summed E-state index contributed by atoms with van der Waals surface area (Å²) in [5, 5.41) is 27.1. The number of hydrogen-bond donors (Lipinski definition) is 3. The van der Waals surface area contributed by atoms with E-state index in [9.17, 15) is 10.2 Å². The molecule has 154 valence electrons. The van der Waals surface area contributed by atoms with Crippen molar-refractivity contribution in [2.24, 2.45) is 0 Å². The van der Waals surface area contributed by atoms with E-state index in [0.717, 1.165) is 0 Å². The van der Waals surface area contributed by atoms with E-state index in [1.807, 2.05) is 0 Å². The van der Waals surface area contributed by atoms with Gasteiger partial charge in [0, 0.05) is 42.7 Å². The van der Waals surface area contributed by atoms with Gasteiger partial charge < -0.3 is 15.3 Å². The predicted molar refractivity (Wildman–Crippen MR) is 113 cm³/mol. The molecular weight excluding hydrogens is 354 g/mol. The van der Waals surface area contributed by atoms with Crippen molar-refractivity contribution in [3.05, 3.63) is 65.2 Å². The maximum Gasteiger partial charge on any atom is 0.290 e. The van der Waals surface area contributed by atoms with Gasteiger partial charge in [0.05, 0.1) is 6.61 Å². The second-order valence-corrected chi connectivity index (χ2v) is 5.76. The van der Waals surface area contributed by atoms with E-state index in [0.29, 0.717) is 11.1 Å². The number of benzene rings is 2. The lowest BCUT2D eigenvalue weighted by molar-refractivity contribution is -0.122. The van der Waals surface area contributed by atoms with Crippen molar-refractivity contribution in [3.63, 3.8) is 0 Å². The molecular formula is C23H33NO4. The quantitative estimate of drug-likeness (QED) is 0.577. The van der Waals surface area contributed by atoms with Crippen LogP contribution in [-0.4, -0.2) is 45.3 Å². The van der Waals surface area contributed by atoms with Gasteiger partial charge in [0.1, 0.15) is 5.75 Å². The number of carbonyl (C=O) groups is 1. The molecule has 0 unspecified atom stereocenters. The van der Waals surface area contributed by atoms with Crippen LogP contribution in [0.1, 0.15) is 75.6 Å². The molecule has 5 nitrogen and oxygen atoms in total. The molecule has 0 saturated carbocycles. The average molecular weight is 402 g/mol. The Morgan fingerprint density at radius 1 is 1.11 bits per heavy atom. The number of rotatable bonds is 8. The summed E-state index contributed by atoms with van der Waals surface area (Å²) in [5.41, 5.74) is 1.09. The first-order valence-corrected chi connectivity index (χ1v) is 8.29. The molecule has 0 fully saturated rings. The van der Waals surface area contributed by atoms with Crippen LogP contribution >= 0.6 is 0 Å². The van der Waals surface area contributed by atoms with Crippen LogP contribution in [0.4, 0.5) is 0 Å². The Labute approximate surface area is 187 Å². The van der Waals surface area contributed by atoms with Gasteiger partial charge in [-0.2, -0.15) is 0 Å². The number of nitrogens with zero attached hydrogens (tertiary/aromatic N) is 1.